The highest BCUT2D eigenvalue weighted by atomic mass is 16.5. The number of aliphatic carboxylic acids is 1. The quantitative estimate of drug-likeness (QED) is 0.460. The van der Waals surface area contributed by atoms with E-state index in [4.69, 9.17) is 15.1 Å². The highest BCUT2D eigenvalue weighted by molar-refractivity contribution is 5.99. The molecule has 4 nitrogen and oxygen atoms in total. The Bertz CT molecular complexity index is 429. The Hall–Kier alpha value is -2.28. The van der Waals surface area contributed by atoms with Gasteiger partial charge in [0.2, 0.25) is 0 Å². The molecular formula is C11H9NO3. The Balaban J connectivity index is 3.31. The van der Waals surface area contributed by atoms with Crippen molar-refractivity contribution in [2.45, 2.75) is 0 Å². The molecule has 1 rings (SSSR count). The molecule has 0 atom stereocenters. The summed E-state index contributed by atoms with van der Waals surface area (Å²) in [4.78, 5) is 10.7. The minimum absolute atomic E-state index is 0.0746. The Morgan fingerprint density at radius 3 is 2.40 bits per heavy atom. The van der Waals surface area contributed by atoms with Gasteiger partial charge in [-0.15, -0.1) is 0 Å². The van der Waals surface area contributed by atoms with Crippen LogP contribution in [0.1, 0.15) is 5.56 Å². The first-order chi connectivity index (χ1) is 7.20. The maximum Gasteiger partial charge on any atom is 0.350 e. The van der Waals surface area contributed by atoms with Crippen molar-refractivity contribution in [3.8, 4) is 6.07 Å². The van der Waals surface area contributed by atoms with Crippen molar-refractivity contribution < 1.29 is 14.6 Å². The summed E-state index contributed by atoms with van der Waals surface area (Å²) >= 11 is 0. The summed E-state index contributed by atoms with van der Waals surface area (Å²) in [6.07, 6.45) is 0. The second kappa shape index (κ2) is 4.82. The third kappa shape index (κ3) is 2.35. The number of carbonyl (C=O) groups is 1. The molecule has 15 heavy (non-hydrogen) atoms. The number of nitrogens with zero attached hydrogens (tertiary/aromatic N) is 1. The topological polar surface area (TPSA) is 70.3 Å². The first-order valence-electron chi connectivity index (χ1n) is 4.17. The van der Waals surface area contributed by atoms with Crippen molar-refractivity contribution in [3.05, 3.63) is 41.5 Å². The van der Waals surface area contributed by atoms with Crippen LogP contribution in [0, 0.1) is 11.3 Å². The van der Waals surface area contributed by atoms with E-state index in [-0.39, 0.29) is 5.76 Å². The van der Waals surface area contributed by atoms with Gasteiger partial charge in [0, 0.05) is 5.56 Å². The zero-order chi connectivity index (χ0) is 11.3. The number of carboxylic acids is 1. The minimum atomic E-state index is -1.29. The highest BCUT2D eigenvalue weighted by Crippen LogP contribution is 2.18. The van der Waals surface area contributed by atoms with Crippen molar-refractivity contribution in [1.29, 1.82) is 5.26 Å². The molecule has 0 spiro atoms. The van der Waals surface area contributed by atoms with E-state index < -0.39 is 11.5 Å². The molecule has 0 aliphatic carbocycles. The van der Waals surface area contributed by atoms with Gasteiger partial charge in [-0.25, -0.2) is 4.79 Å². The van der Waals surface area contributed by atoms with Gasteiger partial charge in [-0.2, -0.15) is 5.26 Å². The summed E-state index contributed by atoms with van der Waals surface area (Å²) in [5.74, 6) is -1.22. The summed E-state index contributed by atoms with van der Waals surface area (Å²) < 4.78 is 4.93. The summed E-state index contributed by atoms with van der Waals surface area (Å²) in [6.45, 7) is 0. The van der Waals surface area contributed by atoms with Gasteiger partial charge in [-0.1, -0.05) is 30.3 Å². The number of nitriles is 1. The standard InChI is InChI=1S/C11H9NO3/c1-15-10(9(7-12)11(13)14)8-5-3-2-4-6-8/h2-6H,1H3,(H,13,14)/b10-9+. The molecule has 0 saturated carbocycles. The molecule has 1 N–H and O–H groups in total. The van der Waals surface area contributed by atoms with Crippen LogP contribution in [0.2, 0.25) is 0 Å². The third-order valence-electron chi connectivity index (χ3n) is 1.79. The normalized spacial score (nSPS) is 11.2. The molecule has 0 radical (unpaired) electrons. The molecule has 76 valence electrons. The van der Waals surface area contributed by atoms with Gasteiger partial charge >= 0.3 is 5.97 Å². The lowest BCUT2D eigenvalue weighted by Gasteiger charge is -2.06. The summed E-state index contributed by atoms with van der Waals surface area (Å²) in [6, 6.07) is 10.2. The molecule has 0 amide bonds. The Morgan fingerprint density at radius 2 is 2.00 bits per heavy atom. The van der Waals surface area contributed by atoms with Gasteiger partial charge in [-0.05, 0) is 0 Å². The number of hydrogen-bond donors (Lipinski definition) is 1. The van der Waals surface area contributed by atoms with E-state index in [1.165, 1.54) is 7.11 Å². The number of ether oxygens (including phenoxy) is 1. The van der Waals surface area contributed by atoms with Crippen LogP contribution >= 0.6 is 0 Å². The van der Waals surface area contributed by atoms with Crippen LogP contribution in [0.25, 0.3) is 5.76 Å². The Labute approximate surface area is 87.0 Å². The largest absolute Gasteiger partial charge is 0.494 e. The van der Waals surface area contributed by atoms with E-state index >= 15 is 0 Å². The fourth-order valence-electron chi connectivity index (χ4n) is 1.15. The fourth-order valence-corrected chi connectivity index (χ4v) is 1.15. The van der Waals surface area contributed by atoms with Crippen LogP contribution in [0.4, 0.5) is 0 Å². The molecule has 0 saturated heterocycles. The summed E-state index contributed by atoms with van der Waals surface area (Å²) in [7, 11) is 1.34. The molecule has 0 unspecified atom stereocenters. The molecule has 0 bridgehead atoms. The first kappa shape index (κ1) is 10.8. The average Bonchev–Trinajstić information content (AvgIpc) is 2.26. The van der Waals surface area contributed by atoms with Crippen LogP contribution in [0.3, 0.4) is 0 Å². The second-order valence-electron chi connectivity index (χ2n) is 2.69. The molecule has 1 aromatic carbocycles. The zero-order valence-electron chi connectivity index (χ0n) is 8.10. The number of hydrogen-bond acceptors (Lipinski definition) is 3. The molecule has 0 fully saturated rings. The van der Waals surface area contributed by atoms with Crippen LogP contribution in [0.15, 0.2) is 35.9 Å². The minimum Gasteiger partial charge on any atom is -0.494 e. The molecule has 0 aliphatic rings. The van der Waals surface area contributed by atoms with Gasteiger partial charge in [0.05, 0.1) is 7.11 Å². The smallest absolute Gasteiger partial charge is 0.350 e. The van der Waals surface area contributed by atoms with Crippen molar-refractivity contribution in [2.24, 2.45) is 0 Å². The lowest BCUT2D eigenvalue weighted by molar-refractivity contribution is -0.132. The van der Waals surface area contributed by atoms with Gasteiger partial charge in [0.25, 0.3) is 0 Å². The van der Waals surface area contributed by atoms with Crippen LogP contribution < -0.4 is 0 Å². The van der Waals surface area contributed by atoms with Gasteiger partial charge in [0.15, 0.2) is 11.3 Å². The third-order valence-corrected chi connectivity index (χ3v) is 1.79. The van der Waals surface area contributed by atoms with Crippen LogP contribution in [-0.2, 0) is 9.53 Å². The molecule has 0 heterocycles. The van der Waals surface area contributed by atoms with Crippen molar-refractivity contribution in [1.82, 2.24) is 0 Å². The monoisotopic (exact) mass is 203 g/mol. The van der Waals surface area contributed by atoms with Crippen molar-refractivity contribution in [3.63, 3.8) is 0 Å². The summed E-state index contributed by atoms with van der Waals surface area (Å²) in [5.41, 5.74) is 0.169. The highest BCUT2D eigenvalue weighted by Gasteiger charge is 2.16. The van der Waals surface area contributed by atoms with Crippen molar-refractivity contribution >= 4 is 11.7 Å². The van der Waals surface area contributed by atoms with E-state index in [1.54, 1.807) is 36.4 Å². The first-order valence-corrected chi connectivity index (χ1v) is 4.17. The summed E-state index contributed by atoms with van der Waals surface area (Å²) in [5, 5.41) is 17.5. The lowest BCUT2D eigenvalue weighted by atomic mass is 10.1. The van der Waals surface area contributed by atoms with E-state index in [1.807, 2.05) is 0 Å². The Morgan fingerprint density at radius 1 is 1.40 bits per heavy atom. The number of carboxylic acid groups (broad SMARTS) is 1. The maximum absolute atomic E-state index is 10.7. The van der Waals surface area contributed by atoms with E-state index in [2.05, 4.69) is 0 Å². The van der Waals surface area contributed by atoms with E-state index in [0.717, 1.165) is 0 Å². The predicted molar refractivity (Wildman–Crippen MR) is 53.6 cm³/mol. The number of benzene rings is 1. The molecule has 4 heteroatoms. The van der Waals surface area contributed by atoms with Crippen LogP contribution in [0.5, 0.6) is 0 Å². The molecule has 0 aromatic heterocycles. The van der Waals surface area contributed by atoms with E-state index in [0.29, 0.717) is 5.56 Å². The van der Waals surface area contributed by atoms with Crippen molar-refractivity contribution in [2.75, 3.05) is 7.11 Å². The average molecular weight is 203 g/mol. The SMILES string of the molecule is CO/C(=C(\C#N)C(=O)O)c1ccccc1. The molecule has 1 aromatic rings. The lowest BCUT2D eigenvalue weighted by Crippen LogP contribution is -2.03. The maximum atomic E-state index is 10.7. The number of rotatable bonds is 3. The van der Waals surface area contributed by atoms with Crippen LogP contribution in [-0.4, -0.2) is 18.2 Å². The fraction of sp³-hybridized carbons (Fsp3) is 0.0909. The number of methoxy groups -OCH3 is 1. The van der Waals surface area contributed by atoms with Gasteiger partial charge in [-0.3, -0.25) is 0 Å². The van der Waals surface area contributed by atoms with E-state index in [9.17, 15) is 4.79 Å². The predicted octanol–water partition coefficient (Wildman–Crippen LogP) is 1.65. The zero-order valence-corrected chi connectivity index (χ0v) is 8.10. The van der Waals surface area contributed by atoms with Gasteiger partial charge < -0.3 is 9.84 Å². The van der Waals surface area contributed by atoms with Gasteiger partial charge in [0.1, 0.15) is 6.07 Å². The molecule has 0 aliphatic heterocycles. The Kier molecular flexibility index (Phi) is 3.47. The molecular weight excluding hydrogens is 194 g/mol. The second-order valence-corrected chi connectivity index (χ2v) is 2.69.